The van der Waals surface area contributed by atoms with E-state index in [-0.39, 0.29) is 6.54 Å². The highest BCUT2D eigenvalue weighted by atomic mass is 16.3. The third-order valence-electron chi connectivity index (χ3n) is 6.69. The number of hydrogen-bond donors (Lipinski definition) is 1. The Morgan fingerprint density at radius 3 is 1.85 bits per heavy atom. The first-order chi connectivity index (χ1) is 16.2. The average Bonchev–Trinajstić information content (AvgIpc) is 3.38. The number of nitrogens with zero attached hydrogens (tertiary/aromatic N) is 3. The van der Waals surface area contributed by atoms with Crippen LogP contribution in [0.1, 0.15) is 35.1 Å². The molecule has 0 radical (unpaired) electrons. The monoisotopic (exact) mass is 437 g/mol. The van der Waals surface area contributed by atoms with Crippen LogP contribution in [0.5, 0.6) is 0 Å². The van der Waals surface area contributed by atoms with E-state index >= 15 is 0 Å². The van der Waals surface area contributed by atoms with E-state index in [0.29, 0.717) is 13.0 Å². The van der Waals surface area contributed by atoms with Crippen molar-refractivity contribution in [2.45, 2.75) is 24.0 Å². The van der Waals surface area contributed by atoms with Gasteiger partial charge in [0.2, 0.25) is 6.41 Å². The summed E-state index contributed by atoms with van der Waals surface area (Å²) in [6, 6.07) is 31.0. The molecule has 2 heterocycles. The summed E-state index contributed by atoms with van der Waals surface area (Å²) in [6.45, 7) is 0.944. The molecule has 0 aliphatic carbocycles. The van der Waals surface area contributed by atoms with Crippen molar-refractivity contribution in [3.05, 3.63) is 126 Å². The number of carbonyl (C=O) groups is 1. The van der Waals surface area contributed by atoms with E-state index in [4.69, 9.17) is 5.10 Å². The second kappa shape index (κ2) is 8.68. The molecule has 1 aromatic heterocycles. The molecule has 1 aliphatic rings. The zero-order chi connectivity index (χ0) is 22.7. The standard InChI is InChI=1S/C28H27N3O2/c32-22-30-18-10-17-27(33,21-30)26-19-29-31(20-26)28(23-11-4-1-5-12-23,24-13-6-2-7-14-24)25-15-8-3-9-16-25/h1-9,11-16,19-20,22,33H,10,17-18,21H2. The Morgan fingerprint density at radius 2 is 1.36 bits per heavy atom. The Labute approximate surface area is 193 Å². The third-order valence-corrected chi connectivity index (χ3v) is 6.69. The largest absolute Gasteiger partial charge is 0.383 e. The van der Waals surface area contributed by atoms with Gasteiger partial charge in [0.15, 0.2) is 0 Å². The number of amides is 1. The van der Waals surface area contributed by atoms with E-state index in [2.05, 4.69) is 36.4 Å². The van der Waals surface area contributed by atoms with Crippen molar-refractivity contribution in [3.63, 3.8) is 0 Å². The van der Waals surface area contributed by atoms with Crippen LogP contribution in [-0.2, 0) is 15.9 Å². The number of hydrogen-bond acceptors (Lipinski definition) is 3. The van der Waals surface area contributed by atoms with Crippen molar-refractivity contribution < 1.29 is 9.90 Å². The van der Waals surface area contributed by atoms with Crippen molar-refractivity contribution in [2.24, 2.45) is 0 Å². The van der Waals surface area contributed by atoms with Gasteiger partial charge in [-0.2, -0.15) is 5.10 Å². The maximum absolute atomic E-state index is 11.5. The zero-order valence-electron chi connectivity index (χ0n) is 18.4. The number of aliphatic hydroxyl groups is 1. The fourth-order valence-electron chi connectivity index (χ4n) is 5.08. The number of aromatic nitrogens is 2. The van der Waals surface area contributed by atoms with Crippen LogP contribution in [0, 0.1) is 0 Å². The third kappa shape index (κ3) is 3.64. The van der Waals surface area contributed by atoms with Crippen LogP contribution in [0.3, 0.4) is 0 Å². The van der Waals surface area contributed by atoms with Crippen molar-refractivity contribution in [1.82, 2.24) is 14.7 Å². The molecule has 1 fully saturated rings. The molecule has 1 N–H and O–H groups in total. The van der Waals surface area contributed by atoms with Gasteiger partial charge >= 0.3 is 0 Å². The Hall–Kier alpha value is -3.70. The van der Waals surface area contributed by atoms with Gasteiger partial charge in [-0.1, -0.05) is 91.0 Å². The summed E-state index contributed by atoms with van der Waals surface area (Å²) in [7, 11) is 0. The van der Waals surface area contributed by atoms with Crippen LogP contribution in [0.25, 0.3) is 0 Å². The summed E-state index contributed by atoms with van der Waals surface area (Å²) in [4.78, 5) is 13.0. The van der Waals surface area contributed by atoms with Gasteiger partial charge in [-0.05, 0) is 29.5 Å². The zero-order valence-corrected chi connectivity index (χ0v) is 18.4. The van der Waals surface area contributed by atoms with Crippen LogP contribution in [0.4, 0.5) is 0 Å². The molecule has 1 saturated heterocycles. The quantitative estimate of drug-likeness (QED) is 0.364. The van der Waals surface area contributed by atoms with E-state index in [1.165, 1.54) is 0 Å². The Kier molecular flexibility index (Phi) is 5.56. The first-order valence-electron chi connectivity index (χ1n) is 11.3. The van der Waals surface area contributed by atoms with Gasteiger partial charge in [0.05, 0.1) is 12.7 Å². The van der Waals surface area contributed by atoms with Gasteiger partial charge in [-0.25, -0.2) is 0 Å². The van der Waals surface area contributed by atoms with Crippen LogP contribution in [0.2, 0.25) is 0 Å². The van der Waals surface area contributed by atoms with Gasteiger partial charge in [0.1, 0.15) is 11.1 Å². The molecule has 166 valence electrons. The summed E-state index contributed by atoms with van der Waals surface area (Å²) in [5, 5.41) is 16.3. The average molecular weight is 438 g/mol. The second-order valence-corrected chi connectivity index (χ2v) is 8.69. The number of benzene rings is 3. The molecule has 5 rings (SSSR count). The highest BCUT2D eigenvalue weighted by molar-refractivity contribution is 5.51. The molecule has 1 unspecified atom stereocenters. The lowest BCUT2D eigenvalue weighted by Gasteiger charge is -2.38. The lowest BCUT2D eigenvalue weighted by molar-refractivity contribution is -0.125. The Balaban J connectivity index is 1.74. The van der Waals surface area contributed by atoms with Gasteiger partial charge in [-0.15, -0.1) is 0 Å². The highest BCUT2D eigenvalue weighted by Crippen LogP contribution is 2.41. The summed E-state index contributed by atoms with van der Waals surface area (Å²) in [5.74, 6) is 0. The topological polar surface area (TPSA) is 58.4 Å². The minimum Gasteiger partial charge on any atom is -0.383 e. The maximum atomic E-state index is 11.5. The van der Waals surface area contributed by atoms with E-state index in [0.717, 1.165) is 35.1 Å². The number of β-amino-alcohol motifs (C(OH)–C–C–N with tert-alkyl or cyclic N) is 1. The predicted molar refractivity (Wildman–Crippen MR) is 128 cm³/mol. The molecule has 0 spiro atoms. The van der Waals surface area contributed by atoms with Crippen molar-refractivity contribution in [3.8, 4) is 0 Å². The van der Waals surface area contributed by atoms with Crippen molar-refractivity contribution in [1.29, 1.82) is 0 Å². The molecule has 1 atom stereocenters. The molecule has 33 heavy (non-hydrogen) atoms. The van der Waals surface area contributed by atoms with E-state index in [1.54, 1.807) is 11.1 Å². The highest BCUT2D eigenvalue weighted by Gasteiger charge is 2.42. The molecule has 0 saturated carbocycles. The minimum absolute atomic E-state index is 0.275. The summed E-state index contributed by atoms with van der Waals surface area (Å²) in [5.41, 5.74) is 2.10. The number of carbonyl (C=O) groups excluding carboxylic acids is 1. The molecule has 5 nitrogen and oxygen atoms in total. The lowest BCUT2D eigenvalue weighted by Crippen LogP contribution is -2.45. The minimum atomic E-state index is -1.12. The Bertz CT molecular complexity index is 1110. The fraction of sp³-hybridized carbons (Fsp3) is 0.214. The van der Waals surface area contributed by atoms with Crippen LogP contribution < -0.4 is 0 Å². The molecule has 5 heteroatoms. The van der Waals surface area contributed by atoms with Crippen LogP contribution >= 0.6 is 0 Å². The van der Waals surface area contributed by atoms with Gasteiger partial charge in [0, 0.05) is 18.3 Å². The molecular weight excluding hydrogens is 410 g/mol. The number of rotatable bonds is 6. The number of piperidine rings is 1. The van der Waals surface area contributed by atoms with Crippen molar-refractivity contribution in [2.75, 3.05) is 13.1 Å². The molecule has 3 aromatic carbocycles. The summed E-state index contributed by atoms with van der Waals surface area (Å²) < 4.78 is 1.96. The SMILES string of the molecule is O=CN1CCCC(O)(c2cnn(C(c3ccccc3)(c3ccccc3)c3ccccc3)c2)C1. The van der Waals surface area contributed by atoms with Crippen LogP contribution in [-0.4, -0.2) is 39.3 Å². The molecule has 1 aliphatic heterocycles. The van der Waals surface area contributed by atoms with E-state index in [1.807, 2.05) is 65.5 Å². The summed E-state index contributed by atoms with van der Waals surface area (Å²) in [6.07, 6.45) is 5.86. The van der Waals surface area contributed by atoms with Gasteiger partial charge in [0.25, 0.3) is 0 Å². The summed E-state index contributed by atoms with van der Waals surface area (Å²) >= 11 is 0. The first-order valence-corrected chi connectivity index (χ1v) is 11.3. The van der Waals surface area contributed by atoms with E-state index < -0.39 is 11.1 Å². The number of likely N-dealkylation sites (tertiary alicyclic amines) is 1. The fourth-order valence-corrected chi connectivity index (χ4v) is 5.08. The van der Waals surface area contributed by atoms with Crippen LogP contribution in [0.15, 0.2) is 103 Å². The molecular formula is C28H27N3O2. The molecule has 1 amide bonds. The van der Waals surface area contributed by atoms with Crippen molar-refractivity contribution >= 4 is 6.41 Å². The van der Waals surface area contributed by atoms with Gasteiger partial charge in [-0.3, -0.25) is 9.48 Å². The smallest absolute Gasteiger partial charge is 0.209 e. The normalized spacial score (nSPS) is 18.8. The van der Waals surface area contributed by atoms with E-state index in [9.17, 15) is 9.90 Å². The molecule has 4 aromatic rings. The molecule has 0 bridgehead atoms. The lowest BCUT2D eigenvalue weighted by atomic mass is 9.77. The maximum Gasteiger partial charge on any atom is 0.209 e. The second-order valence-electron chi connectivity index (χ2n) is 8.69. The first kappa shape index (κ1) is 21.2. The van der Waals surface area contributed by atoms with Gasteiger partial charge < -0.3 is 10.0 Å². The predicted octanol–water partition coefficient (Wildman–Crippen LogP) is 4.16. The Morgan fingerprint density at radius 1 is 0.848 bits per heavy atom.